The van der Waals surface area contributed by atoms with Crippen LogP contribution in [0.15, 0.2) is 60.8 Å². The predicted octanol–water partition coefficient (Wildman–Crippen LogP) is 4.73. The molecule has 0 unspecified atom stereocenters. The molecule has 5 rings (SSSR count). The second-order valence-electron chi connectivity index (χ2n) is 10.4. The van der Waals surface area contributed by atoms with Gasteiger partial charge in [-0.1, -0.05) is 38.1 Å². The number of nitrogens with zero attached hydrogens (tertiary/aromatic N) is 4. The molecule has 1 aliphatic rings. The van der Waals surface area contributed by atoms with Gasteiger partial charge in [0.2, 0.25) is 0 Å². The van der Waals surface area contributed by atoms with E-state index in [2.05, 4.69) is 84.1 Å². The first kappa shape index (κ1) is 22.4. The Morgan fingerprint density at radius 2 is 1.88 bits per heavy atom. The van der Waals surface area contributed by atoms with Crippen LogP contribution in [0.1, 0.15) is 53.5 Å². The number of carbonyl (C=O) groups excluding carboxylic acids is 1. The molecule has 2 aromatic heterocycles. The molecule has 176 valence electrons. The summed E-state index contributed by atoms with van der Waals surface area (Å²) in [6, 6.07) is 19.3. The molecule has 1 amide bonds. The summed E-state index contributed by atoms with van der Waals surface area (Å²) >= 11 is 0. The highest BCUT2D eigenvalue weighted by Crippen LogP contribution is 2.41. The van der Waals surface area contributed by atoms with Crippen molar-refractivity contribution in [3.05, 3.63) is 83.3 Å². The van der Waals surface area contributed by atoms with Gasteiger partial charge in [-0.25, -0.2) is 4.68 Å². The van der Waals surface area contributed by atoms with Gasteiger partial charge in [0, 0.05) is 35.9 Å². The van der Waals surface area contributed by atoms with Gasteiger partial charge in [0.1, 0.15) is 0 Å². The topological polar surface area (TPSA) is 69.1 Å². The number of piperidine rings is 1. The molecule has 2 aromatic carbocycles. The van der Waals surface area contributed by atoms with Crippen LogP contribution in [0, 0.1) is 12.3 Å². The zero-order valence-corrected chi connectivity index (χ0v) is 20.5. The van der Waals surface area contributed by atoms with Crippen molar-refractivity contribution in [3.63, 3.8) is 0 Å². The number of aromatic nitrogens is 3. The average molecular weight is 456 g/mol. The van der Waals surface area contributed by atoms with Gasteiger partial charge in [0.15, 0.2) is 5.69 Å². The van der Waals surface area contributed by atoms with E-state index in [0.29, 0.717) is 5.92 Å². The molecule has 6 heteroatoms. The third kappa shape index (κ3) is 4.14. The summed E-state index contributed by atoms with van der Waals surface area (Å²) in [6.45, 7) is 9.83. The smallest absolute Gasteiger partial charge is 0.269 e. The molecule has 0 aliphatic carbocycles. The zero-order valence-electron chi connectivity index (χ0n) is 20.5. The number of hydrogen-bond donors (Lipinski definition) is 1. The molecule has 1 atom stereocenters. The first-order valence-corrected chi connectivity index (χ1v) is 11.9. The number of benzene rings is 2. The fourth-order valence-electron chi connectivity index (χ4n) is 5.61. The van der Waals surface area contributed by atoms with E-state index in [1.165, 1.54) is 23.1 Å². The molecule has 3 heterocycles. The third-order valence-corrected chi connectivity index (χ3v) is 7.29. The number of carbonyl (C=O) groups is 1. The van der Waals surface area contributed by atoms with Crippen LogP contribution < -0.4 is 5.73 Å². The Hall–Kier alpha value is -3.38. The lowest BCUT2D eigenvalue weighted by Crippen LogP contribution is -2.42. The van der Waals surface area contributed by atoms with Crippen LogP contribution in [-0.2, 0) is 6.54 Å². The Morgan fingerprint density at radius 3 is 2.56 bits per heavy atom. The highest BCUT2D eigenvalue weighted by Gasteiger charge is 2.35. The lowest BCUT2D eigenvalue weighted by Gasteiger charge is -2.43. The van der Waals surface area contributed by atoms with E-state index in [9.17, 15) is 4.79 Å². The van der Waals surface area contributed by atoms with Gasteiger partial charge in [-0.15, -0.1) is 0 Å². The van der Waals surface area contributed by atoms with Crippen molar-refractivity contribution in [2.24, 2.45) is 11.1 Å². The normalized spacial score (nSPS) is 18.4. The summed E-state index contributed by atoms with van der Waals surface area (Å²) in [5, 5.41) is 5.49. The third-order valence-electron chi connectivity index (χ3n) is 7.29. The van der Waals surface area contributed by atoms with Crippen LogP contribution >= 0.6 is 0 Å². The molecule has 0 spiro atoms. The Labute approximate surface area is 201 Å². The maximum absolute atomic E-state index is 11.5. The van der Waals surface area contributed by atoms with Gasteiger partial charge in [0.05, 0.1) is 5.69 Å². The van der Waals surface area contributed by atoms with E-state index in [0.717, 1.165) is 36.4 Å². The van der Waals surface area contributed by atoms with Crippen LogP contribution in [0.2, 0.25) is 0 Å². The number of primary amides is 1. The van der Waals surface area contributed by atoms with Gasteiger partial charge < -0.3 is 15.2 Å². The van der Waals surface area contributed by atoms with E-state index in [1.807, 2.05) is 13.0 Å². The predicted molar refractivity (Wildman–Crippen MR) is 136 cm³/mol. The van der Waals surface area contributed by atoms with Crippen molar-refractivity contribution in [1.82, 2.24) is 19.2 Å². The van der Waals surface area contributed by atoms with Crippen LogP contribution in [0.3, 0.4) is 0 Å². The molecule has 0 saturated carbocycles. The van der Waals surface area contributed by atoms with Crippen molar-refractivity contribution in [2.75, 3.05) is 20.1 Å². The van der Waals surface area contributed by atoms with Gasteiger partial charge in [-0.05, 0) is 79.7 Å². The molecule has 2 N–H and O–H groups in total. The number of aryl methyl sites for hydroxylation is 1. The molecule has 1 fully saturated rings. The first-order chi connectivity index (χ1) is 16.2. The van der Waals surface area contributed by atoms with Crippen LogP contribution in [0.25, 0.3) is 16.6 Å². The fraction of sp³-hybridized carbons (Fsp3) is 0.357. The summed E-state index contributed by atoms with van der Waals surface area (Å²) in [4.78, 5) is 13.9. The second kappa shape index (κ2) is 8.44. The Balaban J connectivity index is 1.36. The lowest BCUT2D eigenvalue weighted by atomic mass is 9.70. The van der Waals surface area contributed by atoms with Gasteiger partial charge in [-0.2, -0.15) is 5.10 Å². The monoisotopic (exact) mass is 455 g/mol. The minimum Gasteiger partial charge on any atom is -0.364 e. The fourth-order valence-corrected chi connectivity index (χ4v) is 5.61. The Kier molecular flexibility index (Phi) is 5.56. The number of likely N-dealkylation sites (tertiary alicyclic amines) is 1. The summed E-state index contributed by atoms with van der Waals surface area (Å²) in [7, 11) is 2.22. The summed E-state index contributed by atoms with van der Waals surface area (Å²) in [5.74, 6) is 0.0869. The van der Waals surface area contributed by atoms with Gasteiger partial charge >= 0.3 is 0 Å². The zero-order chi connectivity index (χ0) is 24.0. The molecular weight excluding hydrogens is 422 g/mol. The lowest BCUT2D eigenvalue weighted by molar-refractivity contribution is 0.0995. The minimum atomic E-state index is -0.514. The van der Waals surface area contributed by atoms with Crippen molar-refractivity contribution >= 4 is 16.8 Å². The molecule has 6 nitrogen and oxygen atoms in total. The van der Waals surface area contributed by atoms with Crippen LogP contribution in [0.4, 0.5) is 0 Å². The standard InChI is InChI=1S/C28H33N5O/c1-19-15-25(27(29)34)30-33(19)23-9-10-26-22(16-23)11-14-32(26)17-20-5-7-21(8-6-20)24-12-13-31(4)18-28(24,2)3/h5-11,14-16,24H,12-13,17-18H2,1-4H3,(H2,29,34)/t24-/m0/s1. The largest absolute Gasteiger partial charge is 0.364 e. The second-order valence-corrected chi connectivity index (χ2v) is 10.4. The van der Waals surface area contributed by atoms with Crippen molar-refractivity contribution in [2.45, 2.75) is 39.7 Å². The number of nitrogens with two attached hydrogens (primary N) is 1. The average Bonchev–Trinajstić information content (AvgIpc) is 3.37. The molecule has 1 saturated heterocycles. The minimum absolute atomic E-state index is 0.280. The Bertz CT molecular complexity index is 1350. The van der Waals surface area contributed by atoms with E-state index >= 15 is 0 Å². The number of rotatable bonds is 5. The highest BCUT2D eigenvalue weighted by molar-refractivity contribution is 5.91. The summed E-state index contributed by atoms with van der Waals surface area (Å²) in [6.07, 6.45) is 3.34. The molecule has 0 radical (unpaired) electrons. The van der Waals surface area contributed by atoms with E-state index < -0.39 is 5.91 Å². The van der Waals surface area contributed by atoms with Crippen molar-refractivity contribution in [3.8, 4) is 5.69 Å². The van der Waals surface area contributed by atoms with Gasteiger partial charge in [0.25, 0.3) is 5.91 Å². The van der Waals surface area contributed by atoms with Crippen molar-refractivity contribution in [1.29, 1.82) is 0 Å². The molecule has 34 heavy (non-hydrogen) atoms. The Morgan fingerprint density at radius 1 is 1.12 bits per heavy atom. The summed E-state index contributed by atoms with van der Waals surface area (Å²) < 4.78 is 4.04. The molecular formula is C28H33N5O. The number of amides is 1. The van der Waals surface area contributed by atoms with Crippen LogP contribution in [0.5, 0.6) is 0 Å². The van der Waals surface area contributed by atoms with Gasteiger partial charge in [-0.3, -0.25) is 4.79 Å². The summed E-state index contributed by atoms with van der Waals surface area (Å²) in [5.41, 5.74) is 11.7. The SMILES string of the molecule is Cc1cc(C(N)=O)nn1-c1ccc2c(ccn2Cc2ccc([C@@H]3CCN(C)CC3(C)C)cc2)c1. The molecule has 1 aliphatic heterocycles. The first-order valence-electron chi connectivity index (χ1n) is 11.9. The van der Waals surface area contributed by atoms with E-state index in [4.69, 9.17) is 5.73 Å². The number of fused-ring (bicyclic) bond motifs is 1. The molecule has 4 aromatic rings. The van der Waals surface area contributed by atoms with E-state index in [-0.39, 0.29) is 11.1 Å². The molecule has 0 bridgehead atoms. The number of hydrogen-bond acceptors (Lipinski definition) is 3. The maximum atomic E-state index is 11.5. The maximum Gasteiger partial charge on any atom is 0.269 e. The highest BCUT2D eigenvalue weighted by atomic mass is 16.1. The van der Waals surface area contributed by atoms with Crippen LogP contribution in [-0.4, -0.2) is 45.3 Å². The van der Waals surface area contributed by atoms with Crippen molar-refractivity contribution < 1.29 is 4.79 Å². The van der Waals surface area contributed by atoms with E-state index in [1.54, 1.807) is 10.7 Å². The quantitative estimate of drug-likeness (QED) is 0.473.